The molecule has 2 aromatic rings. The number of anilines is 2. The predicted molar refractivity (Wildman–Crippen MR) is 128 cm³/mol. The maximum atomic E-state index is 13.1. The van der Waals surface area contributed by atoms with Crippen LogP contribution in [0.25, 0.3) is 0 Å². The quantitative estimate of drug-likeness (QED) is 0.609. The molecule has 0 radical (unpaired) electrons. The minimum absolute atomic E-state index is 0.0392. The first-order valence-corrected chi connectivity index (χ1v) is 11.3. The van der Waals surface area contributed by atoms with Crippen molar-refractivity contribution in [2.75, 3.05) is 43.0 Å². The van der Waals surface area contributed by atoms with Crippen LogP contribution >= 0.6 is 0 Å². The third-order valence-electron chi connectivity index (χ3n) is 5.52. The molecule has 8 heteroatoms. The SMILES string of the molecule is CCOc1ccc(N(CCC#N)C(=O)CN2CCC(NC(=O)Nc3ccccc3)CC2)cc1. The van der Waals surface area contributed by atoms with Crippen molar-refractivity contribution in [2.45, 2.75) is 32.2 Å². The van der Waals surface area contributed by atoms with E-state index in [1.165, 1.54) is 0 Å². The van der Waals surface area contributed by atoms with E-state index < -0.39 is 0 Å². The molecule has 0 spiro atoms. The fourth-order valence-corrected chi connectivity index (χ4v) is 3.83. The number of nitrogens with zero attached hydrogens (tertiary/aromatic N) is 3. The number of nitriles is 1. The van der Waals surface area contributed by atoms with Gasteiger partial charge in [0, 0.05) is 37.1 Å². The zero-order valence-electron chi connectivity index (χ0n) is 19.0. The molecule has 3 amide bonds. The lowest BCUT2D eigenvalue weighted by Crippen LogP contribution is -2.49. The summed E-state index contributed by atoms with van der Waals surface area (Å²) in [6, 6.07) is 18.7. The van der Waals surface area contributed by atoms with Crippen LogP contribution in [0.4, 0.5) is 16.2 Å². The van der Waals surface area contributed by atoms with Gasteiger partial charge in [0.2, 0.25) is 5.91 Å². The molecule has 0 unspecified atom stereocenters. The van der Waals surface area contributed by atoms with Gasteiger partial charge in [0.1, 0.15) is 5.75 Å². The molecular formula is C25H31N5O3. The Morgan fingerprint density at radius 3 is 2.45 bits per heavy atom. The number of amides is 3. The Balaban J connectivity index is 1.49. The van der Waals surface area contributed by atoms with Crippen LogP contribution in [0.3, 0.4) is 0 Å². The second kappa shape index (κ2) is 12.5. The highest BCUT2D eigenvalue weighted by Crippen LogP contribution is 2.21. The van der Waals surface area contributed by atoms with Gasteiger partial charge in [0.05, 0.1) is 25.6 Å². The van der Waals surface area contributed by atoms with Gasteiger partial charge in [-0.15, -0.1) is 0 Å². The molecule has 0 atom stereocenters. The van der Waals surface area contributed by atoms with Gasteiger partial charge < -0.3 is 20.3 Å². The zero-order valence-corrected chi connectivity index (χ0v) is 19.0. The number of carbonyl (C=O) groups excluding carboxylic acids is 2. The number of likely N-dealkylation sites (tertiary alicyclic amines) is 1. The van der Waals surface area contributed by atoms with Gasteiger partial charge in [-0.25, -0.2) is 4.79 Å². The first kappa shape index (κ1) is 24.1. The number of hydrogen-bond donors (Lipinski definition) is 2. The van der Waals surface area contributed by atoms with Gasteiger partial charge in [0.25, 0.3) is 0 Å². The van der Waals surface area contributed by atoms with E-state index in [1.54, 1.807) is 4.90 Å². The number of carbonyl (C=O) groups is 2. The van der Waals surface area contributed by atoms with E-state index in [-0.39, 0.29) is 30.9 Å². The van der Waals surface area contributed by atoms with E-state index in [0.29, 0.717) is 13.2 Å². The van der Waals surface area contributed by atoms with Gasteiger partial charge in [-0.05, 0) is 56.2 Å². The summed E-state index contributed by atoms with van der Waals surface area (Å²) in [4.78, 5) is 29.0. The van der Waals surface area contributed by atoms with Gasteiger partial charge in [-0.2, -0.15) is 5.26 Å². The predicted octanol–water partition coefficient (Wildman–Crippen LogP) is 3.62. The molecular weight excluding hydrogens is 418 g/mol. The van der Waals surface area contributed by atoms with Crippen molar-refractivity contribution in [1.29, 1.82) is 5.26 Å². The first-order valence-electron chi connectivity index (χ1n) is 11.3. The minimum Gasteiger partial charge on any atom is -0.494 e. The molecule has 0 bridgehead atoms. The molecule has 1 fully saturated rings. The molecule has 174 valence electrons. The van der Waals surface area contributed by atoms with Gasteiger partial charge in [-0.3, -0.25) is 9.69 Å². The summed E-state index contributed by atoms with van der Waals surface area (Å²) in [5.41, 5.74) is 1.51. The molecule has 1 aliphatic rings. The molecule has 1 heterocycles. The summed E-state index contributed by atoms with van der Waals surface area (Å²) < 4.78 is 5.48. The largest absolute Gasteiger partial charge is 0.494 e. The number of nitrogens with one attached hydrogen (secondary N) is 2. The number of piperidine rings is 1. The lowest BCUT2D eigenvalue weighted by Gasteiger charge is -2.33. The van der Waals surface area contributed by atoms with Crippen LogP contribution in [-0.2, 0) is 4.79 Å². The Morgan fingerprint density at radius 1 is 1.12 bits per heavy atom. The number of urea groups is 1. The van der Waals surface area contributed by atoms with E-state index in [0.717, 1.165) is 43.1 Å². The Kier molecular flexibility index (Phi) is 9.09. The highest BCUT2D eigenvalue weighted by atomic mass is 16.5. The lowest BCUT2D eigenvalue weighted by molar-refractivity contribution is -0.120. The van der Waals surface area contributed by atoms with Gasteiger partial charge in [-0.1, -0.05) is 18.2 Å². The molecule has 3 rings (SSSR count). The molecule has 33 heavy (non-hydrogen) atoms. The standard InChI is InChI=1S/C25H31N5O3/c1-2-33-23-11-9-22(10-12-23)30(16-6-15-26)24(31)19-29-17-13-21(14-18-29)28-25(32)27-20-7-4-3-5-8-20/h3-5,7-12,21H,2,6,13-14,16-19H2,1H3,(H2,27,28,32). The first-order chi connectivity index (χ1) is 16.1. The van der Waals surface area contributed by atoms with E-state index >= 15 is 0 Å². The topological polar surface area (TPSA) is 97.7 Å². The second-order valence-corrected chi connectivity index (χ2v) is 7.90. The van der Waals surface area contributed by atoms with Crippen LogP contribution in [0.5, 0.6) is 5.75 Å². The fraction of sp³-hybridized carbons (Fsp3) is 0.400. The summed E-state index contributed by atoms with van der Waals surface area (Å²) in [5, 5.41) is 14.9. The average Bonchev–Trinajstić information content (AvgIpc) is 2.82. The van der Waals surface area contributed by atoms with E-state index in [4.69, 9.17) is 10.00 Å². The molecule has 1 saturated heterocycles. The Labute approximate surface area is 195 Å². The lowest BCUT2D eigenvalue weighted by atomic mass is 10.1. The minimum atomic E-state index is -0.214. The van der Waals surface area contributed by atoms with Crippen LogP contribution in [0.1, 0.15) is 26.2 Å². The Hall–Kier alpha value is -3.57. The molecule has 8 nitrogen and oxygen atoms in total. The van der Waals surface area contributed by atoms with Gasteiger partial charge in [0.15, 0.2) is 0 Å². The van der Waals surface area contributed by atoms with Crippen molar-refractivity contribution in [3.63, 3.8) is 0 Å². The molecule has 2 N–H and O–H groups in total. The van der Waals surface area contributed by atoms with Crippen molar-refractivity contribution in [3.8, 4) is 11.8 Å². The summed E-state index contributed by atoms with van der Waals surface area (Å²) in [6.07, 6.45) is 1.81. The number of para-hydroxylation sites is 1. The number of benzene rings is 2. The molecule has 0 aliphatic carbocycles. The van der Waals surface area contributed by atoms with E-state index in [1.807, 2.05) is 61.5 Å². The highest BCUT2D eigenvalue weighted by molar-refractivity contribution is 5.95. The normalized spacial score (nSPS) is 14.2. The number of ether oxygens (including phenoxy) is 1. The zero-order chi connectivity index (χ0) is 23.5. The summed E-state index contributed by atoms with van der Waals surface area (Å²) in [7, 11) is 0. The smallest absolute Gasteiger partial charge is 0.319 e. The van der Waals surface area contributed by atoms with Crippen LogP contribution in [0.2, 0.25) is 0 Å². The van der Waals surface area contributed by atoms with Crippen molar-refractivity contribution >= 4 is 23.3 Å². The maximum absolute atomic E-state index is 13.1. The second-order valence-electron chi connectivity index (χ2n) is 7.90. The van der Waals surface area contributed by atoms with Crippen molar-refractivity contribution in [3.05, 3.63) is 54.6 Å². The molecule has 0 saturated carbocycles. The fourth-order valence-electron chi connectivity index (χ4n) is 3.83. The van der Waals surface area contributed by atoms with E-state index in [2.05, 4.69) is 21.6 Å². The number of rotatable bonds is 9. The Morgan fingerprint density at radius 2 is 1.82 bits per heavy atom. The monoisotopic (exact) mass is 449 g/mol. The van der Waals surface area contributed by atoms with Gasteiger partial charge >= 0.3 is 6.03 Å². The van der Waals surface area contributed by atoms with Crippen LogP contribution in [0, 0.1) is 11.3 Å². The molecule has 2 aromatic carbocycles. The molecule has 0 aromatic heterocycles. The number of hydrogen-bond acceptors (Lipinski definition) is 5. The average molecular weight is 450 g/mol. The van der Waals surface area contributed by atoms with E-state index in [9.17, 15) is 9.59 Å². The van der Waals surface area contributed by atoms with Crippen molar-refractivity contribution < 1.29 is 14.3 Å². The van der Waals surface area contributed by atoms with Crippen LogP contribution in [0.15, 0.2) is 54.6 Å². The highest BCUT2D eigenvalue weighted by Gasteiger charge is 2.24. The summed E-state index contributed by atoms with van der Waals surface area (Å²) in [5.74, 6) is 0.711. The van der Waals surface area contributed by atoms with Crippen LogP contribution in [-0.4, -0.2) is 55.7 Å². The maximum Gasteiger partial charge on any atom is 0.319 e. The third kappa shape index (κ3) is 7.51. The van der Waals surface area contributed by atoms with Crippen LogP contribution < -0.4 is 20.3 Å². The Bertz CT molecular complexity index is 935. The summed E-state index contributed by atoms with van der Waals surface area (Å²) >= 11 is 0. The summed E-state index contributed by atoms with van der Waals surface area (Å²) in [6.45, 7) is 4.57. The van der Waals surface area contributed by atoms with Crippen molar-refractivity contribution in [2.24, 2.45) is 0 Å². The van der Waals surface area contributed by atoms with Crippen molar-refractivity contribution in [1.82, 2.24) is 10.2 Å². The molecule has 1 aliphatic heterocycles. The third-order valence-corrected chi connectivity index (χ3v) is 5.52.